The molecule has 5 aliphatic rings. The van der Waals surface area contributed by atoms with Crippen LogP contribution in [0.15, 0.2) is 48.0 Å². The number of aromatic nitrogens is 5. The van der Waals surface area contributed by atoms with E-state index >= 15 is 0 Å². The summed E-state index contributed by atoms with van der Waals surface area (Å²) in [5.74, 6) is -8.24. The fourth-order valence-corrected chi connectivity index (χ4v) is 12.9. The molecule has 0 aromatic carbocycles. The third kappa shape index (κ3) is 10.7. The Morgan fingerprint density at radius 2 is 1.75 bits per heavy atom. The van der Waals surface area contributed by atoms with Crippen LogP contribution < -0.4 is 56.8 Å². The molecule has 3 saturated heterocycles. The molecule has 7 rings (SSSR count). The van der Waals surface area contributed by atoms with Crippen molar-refractivity contribution in [2.75, 3.05) is 43.8 Å². The molecule has 2 aromatic heterocycles. The fraction of sp³-hybridized carbons (Fsp3) is 0.394. The average molecular weight is 1050 g/mol. The third-order valence-corrected chi connectivity index (χ3v) is 16.7. The number of hydrogen-bond acceptors (Lipinski definition) is 25. The van der Waals surface area contributed by atoms with Gasteiger partial charge in [-0.2, -0.15) is 0 Å². The number of fused-ring (bicyclic) bond motifs is 2. The van der Waals surface area contributed by atoms with Crippen LogP contribution in [-0.2, 0) is 64.5 Å². The first-order valence-corrected chi connectivity index (χ1v) is 23.9. The second-order valence-electron chi connectivity index (χ2n) is 13.4. The Morgan fingerprint density at radius 3 is 2.28 bits per heavy atom. The average Bonchev–Trinajstić information content (AvgIpc) is 3.88. The van der Waals surface area contributed by atoms with Crippen LogP contribution in [0.4, 0.5) is 5.13 Å². The number of nitrogens with one attached hydrogen (secondary N) is 2. The number of methoxy groups -OCH3 is 1. The number of amides is 5. The molecule has 0 saturated carbocycles. The number of aryl methyl sites for hydroxylation is 1. The number of carboxylic acid groups (broad SMARTS) is 3. The molecule has 8 N–H and O–H groups in total. The zero-order valence-electron chi connectivity index (χ0n) is 35.1. The van der Waals surface area contributed by atoms with Gasteiger partial charge in [0.25, 0.3) is 29.4 Å². The van der Waals surface area contributed by atoms with Gasteiger partial charge in [0.2, 0.25) is 11.1 Å². The molecule has 3 fully saturated rings. The van der Waals surface area contributed by atoms with Gasteiger partial charge in [-0.25, -0.2) is 19.3 Å². The van der Waals surface area contributed by atoms with Crippen molar-refractivity contribution in [1.29, 1.82) is 0 Å². The minimum atomic E-state index is -1.81. The Kier molecular flexibility index (Phi) is 17.5. The van der Waals surface area contributed by atoms with Gasteiger partial charge < -0.3 is 56.5 Å². The van der Waals surface area contributed by atoms with Crippen molar-refractivity contribution in [2.24, 2.45) is 17.9 Å². The zero-order chi connectivity index (χ0) is 48.4. The predicted molar refractivity (Wildman–Crippen MR) is 232 cm³/mol. The van der Waals surface area contributed by atoms with E-state index in [1.807, 2.05) is 0 Å². The number of thioether (sulfide) groups is 5. The van der Waals surface area contributed by atoms with E-state index in [9.17, 15) is 53.4 Å². The number of nitrogens with two attached hydrogens (primary N) is 2. The number of primary amides is 1. The standard InChI is InChI=1S/C17H17N7O8S4.C16H17N5O7S2.Na/c1-23-16(20-21-22-23)34-4-5-3-33-15-17(32-2,14(31)24(15)7(5)11(29)30)19-9(26)13-35-12(36-13)6(8(18)25)10(27)28;1-6(22)28-3-7-4-29-14-10(13(24)21(14)11(7)15(25)26)19-12(23)9(20-27-2)8-5-30-16(17)18-8;/h13,15H,3-4H2,1-2H3,(H2,18,25)(H,19,26)(H,27,28)(H,29,30);5,10,14H,3-4H2,1-2H3,(H2,17,18)(H,19,23)(H,25,26);/q;;+1/p-1/b;20-9-;/t13?,15-,17+;10-,14-;/m11./s1. The molecule has 352 valence electrons. The van der Waals surface area contributed by atoms with E-state index in [4.69, 9.17) is 26.0 Å². The number of ether oxygens (including phenoxy) is 2. The minimum absolute atomic E-state index is 0. The molecule has 34 heteroatoms. The van der Waals surface area contributed by atoms with E-state index in [2.05, 4.69) is 41.1 Å². The Balaban J connectivity index is 0.000000251. The van der Waals surface area contributed by atoms with Gasteiger partial charge in [0.1, 0.15) is 52.1 Å². The van der Waals surface area contributed by atoms with Crippen LogP contribution in [0.5, 0.6) is 0 Å². The molecule has 0 spiro atoms. The number of oxime groups is 1. The van der Waals surface area contributed by atoms with Crippen LogP contribution in [-0.4, -0.2) is 170 Å². The van der Waals surface area contributed by atoms with Gasteiger partial charge in [0.15, 0.2) is 10.8 Å². The van der Waals surface area contributed by atoms with Gasteiger partial charge >= 0.3 is 47.5 Å². The first-order chi connectivity index (χ1) is 31.3. The van der Waals surface area contributed by atoms with E-state index in [0.717, 1.165) is 44.7 Å². The summed E-state index contributed by atoms with van der Waals surface area (Å²) in [5.41, 5.74) is 8.39. The zero-order valence-corrected chi connectivity index (χ0v) is 42.0. The molecule has 2 aromatic rings. The minimum Gasteiger partial charge on any atom is -0.543 e. The maximum atomic E-state index is 13.2. The summed E-state index contributed by atoms with van der Waals surface area (Å²) in [6.07, 6.45) is 0. The van der Waals surface area contributed by atoms with Crippen molar-refractivity contribution < 1.29 is 102 Å². The van der Waals surface area contributed by atoms with Crippen molar-refractivity contribution in [1.82, 2.24) is 45.6 Å². The van der Waals surface area contributed by atoms with Crippen LogP contribution in [0.2, 0.25) is 0 Å². The van der Waals surface area contributed by atoms with Gasteiger partial charge in [-0.3, -0.25) is 38.6 Å². The van der Waals surface area contributed by atoms with Gasteiger partial charge in [-0.15, -0.1) is 40.0 Å². The second-order valence-corrected chi connectivity index (χ2v) is 20.2. The predicted octanol–water partition coefficient (Wildman–Crippen LogP) is -6.35. The van der Waals surface area contributed by atoms with Gasteiger partial charge in [-0.05, 0) is 16.0 Å². The maximum Gasteiger partial charge on any atom is 1.00 e. The molecular formula is C33H33N12NaO15S6. The number of β-lactam (4-membered cyclic amide) rings is 2. The summed E-state index contributed by atoms with van der Waals surface area (Å²) in [4.78, 5) is 119. The SMILES string of the molecule is CO/N=C(\C(=O)N[C@@H]1C(=O)N2C(C(=O)[O-])=C(COC(C)=O)CS[C@H]12)c1csc(N)n1.CO[C@@]1(NC(=O)C2SC(=C(C(N)=O)C(=O)O)S2)C(=O)N2C(C(=O)O)=C(CSc3nnnn3C)CS[C@@H]21.[Na+]. The van der Waals surface area contributed by atoms with E-state index in [1.165, 1.54) is 66.5 Å². The van der Waals surface area contributed by atoms with Crippen molar-refractivity contribution in [3.05, 3.63) is 43.4 Å². The van der Waals surface area contributed by atoms with E-state index < -0.39 is 86.1 Å². The van der Waals surface area contributed by atoms with Gasteiger partial charge in [0, 0.05) is 49.3 Å². The van der Waals surface area contributed by atoms with Crippen LogP contribution in [0.3, 0.4) is 0 Å². The molecule has 0 unspecified atom stereocenters. The number of aliphatic carboxylic acids is 3. The Hall–Kier alpha value is -4.87. The molecule has 0 aliphatic carbocycles. The summed E-state index contributed by atoms with van der Waals surface area (Å²) in [6, 6.07) is -0.995. The number of rotatable bonds is 16. The van der Waals surface area contributed by atoms with Crippen molar-refractivity contribution in [3.8, 4) is 0 Å². The number of nitrogen functional groups attached to an aromatic ring is 1. The molecular weight excluding hydrogens is 1020 g/mol. The summed E-state index contributed by atoms with van der Waals surface area (Å²) in [6.45, 7) is 0.919. The number of hydrogen-bond donors (Lipinski definition) is 6. The number of anilines is 1. The molecule has 0 radical (unpaired) electrons. The number of carbonyl (C=O) groups excluding carboxylic acids is 7. The molecule has 5 amide bonds. The first-order valence-electron chi connectivity index (χ1n) is 18.1. The number of thiazole rings is 1. The van der Waals surface area contributed by atoms with Crippen molar-refractivity contribution >= 4 is 134 Å². The molecule has 67 heavy (non-hydrogen) atoms. The molecule has 27 nitrogen and oxygen atoms in total. The summed E-state index contributed by atoms with van der Waals surface area (Å²) in [5, 5.41) is 51.0. The topological polar surface area (TPSA) is 396 Å². The number of carboxylic acids is 3. The fourth-order valence-electron chi connectivity index (χ4n) is 6.39. The molecule has 0 bridgehead atoms. The smallest absolute Gasteiger partial charge is 0.543 e. The maximum absolute atomic E-state index is 13.2. The van der Waals surface area contributed by atoms with Crippen LogP contribution in [0, 0.1) is 0 Å². The number of carbonyl (C=O) groups is 9. The first kappa shape index (κ1) is 53.1. The summed E-state index contributed by atoms with van der Waals surface area (Å²) < 4.78 is 10.9. The van der Waals surface area contributed by atoms with E-state index in [0.29, 0.717) is 10.7 Å². The second kappa shape index (κ2) is 22.0. The Bertz CT molecular complexity index is 2550. The number of nitrogens with zero attached hydrogens (tertiary/aromatic N) is 8. The largest absolute Gasteiger partial charge is 1.00 e. The van der Waals surface area contributed by atoms with Crippen LogP contribution in [0.25, 0.3) is 0 Å². The Morgan fingerprint density at radius 1 is 1.06 bits per heavy atom. The summed E-state index contributed by atoms with van der Waals surface area (Å²) in [7, 11) is 4.11. The number of tetrazole rings is 1. The molecule has 7 heterocycles. The van der Waals surface area contributed by atoms with Gasteiger partial charge in [0.05, 0.1) is 15.9 Å². The van der Waals surface area contributed by atoms with Crippen LogP contribution >= 0.6 is 70.1 Å². The number of esters is 1. The van der Waals surface area contributed by atoms with E-state index in [1.54, 1.807) is 7.05 Å². The molecule has 4 atom stereocenters. The molecule has 5 aliphatic heterocycles. The quantitative estimate of drug-likeness (QED) is 0.00870. The van der Waals surface area contributed by atoms with Crippen molar-refractivity contribution in [2.45, 2.75) is 39.2 Å². The Labute approximate surface area is 423 Å². The third-order valence-electron chi connectivity index (χ3n) is 9.35. The normalized spacial score (nSPS) is 22.8. The monoisotopic (exact) mass is 1050 g/mol. The van der Waals surface area contributed by atoms with Crippen LogP contribution in [0.1, 0.15) is 12.6 Å². The summed E-state index contributed by atoms with van der Waals surface area (Å²) >= 11 is 6.38. The van der Waals surface area contributed by atoms with Gasteiger partial charge in [-0.1, -0.05) is 40.4 Å². The van der Waals surface area contributed by atoms with Crippen molar-refractivity contribution in [3.63, 3.8) is 0 Å². The van der Waals surface area contributed by atoms with E-state index in [-0.39, 0.29) is 91.2 Å².